The Labute approximate surface area is 124 Å². The van der Waals surface area contributed by atoms with E-state index >= 15 is 0 Å². The molecule has 0 amide bonds. The van der Waals surface area contributed by atoms with Gasteiger partial charge < -0.3 is 10.1 Å². The molecule has 1 saturated heterocycles. The lowest BCUT2D eigenvalue weighted by Crippen LogP contribution is -2.31. The molecule has 1 aromatic carbocycles. The third-order valence-electron chi connectivity index (χ3n) is 3.66. The number of ether oxygens (including phenoxy) is 1. The Kier molecular flexibility index (Phi) is 4.53. The minimum atomic E-state index is -3.55. The fraction of sp³-hybridized carbons (Fsp3) is 0.500. The Morgan fingerprint density at radius 2 is 2.10 bits per heavy atom. The van der Waals surface area contributed by atoms with Gasteiger partial charge in [0.15, 0.2) is 0 Å². The lowest BCUT2D eigenvalue weighted by molar-refractivity contribution is -0.142. The summed E-state index contributed by atoms with van der Waals surface area (Å²) in [7, 11) is -2.26. The second kappa shape index (κ2) is 6.03. The summed E-state index contributed by atoms with van der Waals surface area (Å²) >= 11 is 0. The number of esters is 1. The van der Waals surface area contributed by atoms with Gasteiger partial charge >= 0.3 is 5.97 Å². The van der Waals surface area contributed by atoms with Crippen molar-refractivity contribution in [2.75, 3.05) is 18.4 Å². The first-order chi connectivity index (χ1) is 9.83. The van der Waals surface area contributed by atoms with Gasteiger partial charge in [-0.3, -0.25) is 9.52 Å². The number of rotatable bonds is 4. The molecule has 2 atom stereocenters. The average Bonchev–Trinajstić information content (AvgIpc) is 2.92. The van der Waals surface area contributed by atoms with E-state index in [2.05, 4.69) is 14.8 Å². The Morgan fingerprint density at radius 1 is 1.38 bits per heavy atom. The average molecular weight is 312 g/mol. The van der Waals surface area contributed by atoms with Crippen molar-refractivity contribution in [3.05, 3.63) is 29.3 Å². The summed E-state index contributed by atoms with van der Waals surface area (Å²) in [6.45, 7) is 3.99. The molecule has 0 radical (unpaired) electrons. The molecule has 1 aliphatic heterocycles. The van der Waals surface area contributed by atoms with Gasteiger partial charge in [0.1, 0.15) is 6.04 Å². The number of carbonyl (C=O) groups excluding carboxylic acids is 1. The third-order valence-corrected chi connectivity index (χ3v) is 5.40. The van der Waals surface area contributed by atoms with Crippen LogP contribution in [0, 0.1) is 13.8 Å². The van der Waals surface area contributed by atoms with Crippen LogP contribution in [0.2, 0.25) is 0 Å². The highest BCUT2D eigenvalue weighted by molar-refractivity contribution is 7.93. The van der Waals surface area contributed by atoms with Gasteiger partial charge in [0, 0.05) is 6.54 Å². The van der Waals surface area contributed by atoms with Gasteiger partial charge in [-0.2, -0.15) is 0 Å². The molecule has 21 heavy (non-hydrogen) atoms. The second-order valence-electron chi connectivity index (χ2n) is 5.31. The van der Waals surface area contributed by atoms with Gasteiger partial charge in [0.25, 0.3) is 0 Å². The zero-order chi connectivity index (χ0) is 15.6. The summed E-state index contributed by atoms with van der Waals surface area (Å²) in [4.78, 5) is 11.4. The molecule has 2 unspecified atom stereocenters. The lowest BCUT2D eigenvalue weighted by Gasteiger charge is -2.15. The number of methoxy groups -OCH3 is 1. The van der Waals surface area contributed by atoms with Gasteiger partial charge in [0.2, 0.25) is 10.0 Å². The maximum absolute atomic E-state index is 12.4. The zero-order valence-electron chi connectivity index (χ0n) is 12.3. The summed E-state index contributed by atoms with van der Waals surface area (Å²) in [5, 5.41) is 2.23. The van der Waals surface area contributed by atoms with Crippen LogP contribution in [0.1, 0.15) is 17.5 Å². The normalized spacial score (nSPS) is 22.0. The SMILES string of the molecule is COC(=O)C1CC(S(=O)(=O)Nc2cc(C)ccc2C)CN1. The van der Waals surface area contributed by atoms with Gasteiger partial charge in [-0.1, -0.05) is 12.1 Å². The largest absolute Gasteiger partial charge is 0.468 e. The molecule has 1 fully saturated rings. The van der Waals surface area contributed by atoms with Crippen molar-refractivity contribution in [2.24, 2.45) is 0 Å². The summed E-state index contributed by atoms with van der Waals surface area (Å²) < 4.78 is 32.1. The number of hydrogen-bond donors (Lipinski definition) is 2. The van der Waals surface area contributed by atoms with Crippen LogP contribution in [0.25, 0.3) is 0 Å². The molecule has 1 aliphatic rings. The molecule has 116 valence electrons. The molecule has 0 aromatic heterocycles. The van der Waals surface area contributed by atoms with E-state index in [9.17, 15) is 13.2 Å². The Morgan fingerprint density at radius 3 is 2.76 bits per heavy atom. The first kappa shape index (κ1) is 15.8. The molecule has 7 heteroatoms. The minimum Gasteiger partial charge on any atom is -0.468 e. The van der Waals surface area contributed by atoms with Crippen molar-refractivity contribution in [3.63, 3.8) is 0 Å². The van der Waals surface area contributed by atoms with Crippen LogP contribution in [0.15, 0.2) is 18.2 Å². The number of carbonyl (C=O) groups is 1. The van der Waals surface area contributed by atoms with E-state index < -0.39 is 27.3 Å². The summed E-state index contributed by atoms with van der Waals surface area (Å²) in [6.07, 6.45) is 0.215. The van der Waals surface area contributed by atoms with E-state index in [4.69, 9.17) is 0 Å². The van der Waals surface area contributed by atoms with Gasteiger partial charge in [-0.15, -0.1) is 0 Å². The van der Waals surface area contributed by atoms with Crippen LogP contribution in [-0.4, -0.2) is 39.3 Å². The van der Waals surface area contributed by atoms with Crippen LogP contribution in [0.3, 0.4) is 0 Å². The number of hydrogen-bond acceptors (Lipinski definition) is 5. The summed E-state index contributed by atoms with van der Waals surface area (Å²) in [6, 6.07) is 5.04. The van der Waals surface area contributed by atoms with Crippen molar-refractivity contribution >= 4 is 21.7 Å². The molecule has 0 spiro atoms. The second-order valence-corrected chi connectivity index (χ2v) is 7.27. The lowest BCUT2D eigenvalue weighted by atomic mass is 10.1. The van der Waals surface area contributed by atoms with Gasteiger partial charge in [-0.25, -0.2) is 8.42 Å². The standard InChI is InChI=1S/C14H20N2O4S/c1-9-4-5-10(2)12(6-9)16-21(18,19)11-7-13(15-8-11)14(17)20-3/h4-6,11,13,15-16H,7-8H2,1-3H3. The number of aryl methyl sites for hydroxylation is 2. The van der Waals surface area contributed by atoms with Crippen LogP contribution in [0.5, 0.6) is 0 Å². The fourth-order valence-corrected chi connectivity index (χ4v) is 3.80. The summed E-state index contributed by atoms with van der Waals surface area (Å²) in [5.41, 5.74) is 2.42. The third kappa shape index (κ3) is 3.54. The first-order valence-electron chi connectivity index (χ1n) is 6.73. The van der Waals surface area contributed by atoms with Crippen molar-refractivity contribution in [1.82, 2.24) is 5.32 Å². The predicted octanol–water partition coefficient (Wildman–Crippen LogP) is 0.949. The van der Waals surface area contributed by atoms with Gasteiger partial charge in [0.05, 0.1) is 18.0 Å². The molecule has 1 heterocycles. The minimum absolute atomic E-state index is 0.215. The van der Waals surface area contributed by atoms with Crippen molar-refractivity contribution in [2.45, 2.75) is 31.6 Å². The highest BCUT2D eigenvalue weighted by Gasteiger charge is 2.37. The monoisotopic (exact) mass is 312 g/mol. The molecular weight excluding hydrogens is 292 g/mol. The van der Waals surface area contributed by atoms with E-state index in [0.29, 0.717) is 5.69 Å². The Balaban J connectivity index is 2.13. The molecule has 0 bridgehead atoms. The number of anilines is 1. The molecule has 1 aromatic rings. The first-order valence-corrected chi connectivity index (χ1v) is 8.28. The highest BCUT2D eigenvalue weighted by atomic mass is 32.2. The highest BCUT2D eigenvalue weighted by Crippen LogP contribution is 2.22. The number of nitrogens with one attached hydrogen (secondary N) is 2. The maximum atomic E-state index is 12.4. The van der Waals surface area contributed by atoms with Crippen LogP contribution in [0.4, 0.5) is 5.69 Å². The van der Waals surface area contributed by atoms with E-state index in [-0.39, 0.29) is 13.0 Å². The quantitative estimate of drug-likeness (QED) is 0.809. The van der Waals surface area contributed by atoms with E-state index in [1.54, 1.807) is 6.07 Å². The molecule has 6 nitrogen and oxygen atoms in total. The topological polar surface area (TPSA) is 84.5 Å². The summed E-state index contributed by atoms with van der Waals surface area (Å²) in [5.74, 6) is -0.431. The van der Waals surface area contributed by atoms with Gasteiger partial charge in [-0.05, 0) is 37.5 Å². The van der Waals surface area contributed by atoms with Crippen LogP contribution < -0.4 is 10.0 Å². The molecule has 2 rings (SSSR count). The molecule has 0 aliphatic carbocycles. The zero-order valence-corrected chi connectivity index (χ0v) is 13.2. The maximum Gasteiger partial charge on any atom is 0.322 e. The number of benzene rings is 1. The van der Waals surface area contributed by atoms with Crippen LogP contribution >= 0.6 is 0 Å². The smallest absolute Gasteiger partial charge is 0.322 e. The molecular formula is C14H20N2O4S. The Bertz CT molecular complexity index is 642. The van der Waals surface area contributed by atoms with Crippen molar-refractivity contribution < 1.29 is 17.9 Å². The van der Waals surface area contributed by atoms with Crippen molar-refractivity contribution in [1.29, 1.82) is 0 Å². The molecule has 2 N–H and O–H groups in total. The van der Waals surface area contributed by atoms with Crippen molar-refractivity contribution in [3.8, 4) is 0 Å². The van der Waals surface area contributed by atoms with E-state index in [0.717, 1.165) is 11.1 Å². The van der Waals surface area contributed by atoms with Crippen LogP contribution in [-0.2, 0) is 19.6 Å². The fourth-order valence-electron chi connectivity index (χ4n) is 2.34. The predicted molar refractivity (Wildman–Crippen MR) is 80.7 cm³/mol. The Hall–Kier alpha value is -1.60. The number of sulfonamides is 1. The van der Waals surface area contributed by atoms with E-state index in [1.807, 2.05) is 26.0 Å². The molecule has 0 saturated carbocycles. The van der Waals surface area contributed by atoms with E-state index in [1.165, 1.54) is 7.11 Å².